The van der Waals surface area contributed by atoms with E-state index in [1.165, 1.54) is 25.7 Å². The lowest BCUT2D eigenvalue weighted by Gasteiger charge is -2.12. The summed E-state index contributed by atoms with van der Waals surface area (Å²) in [4.78, 5) is 8.13. The average molecular weight is 197 g/mol. The topological polar surface area (TPSA) is 88.8 Å². The quantitative estimate of drug-likeness (QED) is 0.435. The Morgan fingerprint density at radius 3 is 2.50 bits per heavy atom. The predicted molar refractivity (Wildman–Crippen MR) is 59.2 cm³/mol. The summed E-state index contributed by atoms with van der Waals surface area (Å²) in [5.74, 6) is 0.627. The molecule has 0 atom stereocenters. The monoisotopic (exact) mass is 197 g/mol. The number of rotatable bonds is 2. The molecule has 0 bridgehead atoms. The lowest BCUT2D eigenvalue weighted by Crippen LogP contribution is -2.35. The molecule has 5 N–H and O–H groups in total. The summed E-state index contributed by atoms with van der Waals surface area (Å²) in [5, 5.41) is 3.25. The van der Waals surface area contributed by atoms with Crippen LogP contribution >= 0.6 is 0 Å². The first-order chi connectivity index (χ1) is 6.72. The predicted octanol–water partition coefficient (Wildman–Crippen LogP) is 0.168. The van der Waals surface area contributed by atoms with Crippen LogP contribution in [0.5, 0.6) is 0 Å². The molecule has 1 rings (SSSR count). The molecule has 0 heterocycles. The molecule has 1 saturated carbocycles. The van der Waals surface area contributed by atoms with Crippen LogP contribution < -0.4 is 16.8 Å². The second-order valence-electron chi connectivity index (χ2n) is 3.46. The molecule has 1 aliphatic rings. The number of hydrogen-bond donors (Lipinski definition) is 3. The van der Waals surface area contributed by atoms with Gasteiger partial charge in [-0.05, 0) is 19.8 Å². The Labute approximate surface area is 84.7 Å². The molecular formula is C9H19N5. The van der Waals surface area contributed by atoms with Crippen LogP contribution in [-0.4, -0.2) is 24.5 Å². The molecule has 5 heteroatoms. The first kappa shape index (κ1) is 10.8. The maximum absolute atomic E-state index is 5.30. The third-order valence-corrected chi connectivity index (χ3v) is 2.23. The van der Waals surface area contributed by atoms with E-state index in [1.54, 1.807) is 0 Å². The van der Waals surface area contributed by atoms with E-state index in [0.717, 1.165) is 0 Å². The molecule has 0 amide bonds. The molecule has 0 unspecified atom stereocenters. The standard InChI is InChI=1S/C9H19N5/c1-2-12-9(14-8(10)11)13-7-5-3-4-6-7/h7H,2-6H2,1H3,(H5,10,11,12,13,14). The highest BCUT2D eigenvalue weighted by molar-refractivity contribution is 5.93. The van der Waals surface area contributed by atoms with Crippen LogP contribution in [0.3, 0.4) is 0 Å². The van der Waals surface area contributed by atoms with Gasteiger partial charge in [-0.1, -0.05) is 12.8 Å². The van der Waals surface area contributed by atoms with E-state index < -0.39 is 0 Å². The van der Waals surface area contributed by atoms with Crippen LogP contribution in [0.1, 0.15) is 32.6 Å². The molecule has 1 fully saturated rings. The van der Waals surface area contributed by atoms with E-state index in [1.807, 2.05) is 6.92 Å². The van der Waals surface area contributed by atoms with Gasteiger partial charge in [-0.2, -0.15) is 4.99 Å². The highest BCUT2D eigenvalue weighted by atomic mass is 15.2. The minimum atomic E-state index is 0.0581. The molecule has 5 nitrogen and oxygen atoms in total. The second-order valence-corrected chi connectivity index (χ2v) is 3.46. The van der Waals surface area contributed by atoms with Gasteiger partial charge in [0.25, 0.3) is 0 Å². The maximum atomic E-state index is 5.30. The van der Waals surface area contributed by atoms with Gasteiger partial charge in [0.15, 0.2) is 5.96 Å². The zero-order valence-corrected chi connectivity index (χ0v) is 8.66. The summed E-state index contributed by atoms with van der Waals surface area (Å²) in [7, 11) is 0. The molecule has 1 aliphatic carbocycles. The molecule has 0 radical (unpaired) electrons. The van der Waals surface area contributed by atoms with E-state index in [2.05, 4.69) is 15.3 Å². The Kier molecular flexibility index (Phi) is 4.22. The molecule has 0 aromatic rings. The lowest BCUT2D eigenvalue weighted by molar-refractivity contribution is 0.626. The number of guanidine groups is 2. The lowest BCUT2D eigenvalue weighted by atomic mass is 10.2. The molecule has 14 heavy (non-hydrogen) atoms. The van der Waals surface area contributed by atoms with Crippen LogP contribution in [0.15, 0.2) is 9.98 Å². The van der Waals surface area contributed by atoms with Gasteiger partial charge in [-0.3, -0.25) is 4.99 Å². The zero-order chi connectivity index (χ0) is 10.4. The fourth-order valence-corrected chi connectivity index (χ4v) is 1.64. The van der Waals surface area contributed by atoms with E-state index in [-0.39, 0.29) is 5.96 Å². The summed E-state index contributed by atoms with van der Waals surface area (Å²) < 4.78 is 0. The van der Waals surface area contributed by atoms with Crippen molar-refractivity contribution in [2.45, 2.75) is 38.6 Å². The third kappa shape index (κ3) is 3.64. The van der Waals surface area contributed by atoms with E-state index >= 15 is 0 Å². The number of hydrogen-bond acceptors (Lipinski definition) is 1. The Bertz CT molecular complexity index is 223. The third-order valence-electron chi connectivity index (χ3n) is 2.23. The molecular weight excluding hydrogens is 178 g/mol. The van der Waals surface area contributed by atoms with Crippen LogP contribution in [0.25, 0.3) is 0 Å². The molecule has 0 aromatic heterocycles. The van der Waals surface area contributed by atoms with E-state index in [4.69, 9.17) is 11.5 Å². The van der Waals surface area contributed by atoms with Gasteiger partial charge in [0.1, 0.15) is 0 Å². The van der Waals surface area contributed by atoms with Crippen LogP contribution in [0.2, 0.25) is 0 Å². The molecule has 0 spiro atoms. The maximum Gasteiger partial charge on any atom is 0.221 e. The van der Waals surface area contributed by atoms with E-state index in [9.17, 15) is 0 Å². The Morgan fingerprint density at radius 1 is 1.36 bits per heavy atom. The van der Waals surface area contributed by atoms with Gasteiger partial charge in [0.2, 0.25) is 5.96 Å². The van der Waals surface area contributed by atoms with Gasteiger partial charge >= 0.3 is 0 Å². The van der Waals surface area contributed by atoms with Crippen molar-refractivity contribution in [3.05, 3.63) is 0 Å². The number of aliphatic imine (C=N–C) groups is 2. The summed E-state index contributed by atoms with van der Waals surface area (Å²) in [6, 6.07) is 0.489. The summed E-state index contributed by atoms with van der Waals surface area (Å²) >= 11 is 0. The fraction of sp³-hybridized carbons (Fsp3) is 0.778. The summed E-state index contributed by atoms with van der Waals surface area (Å²) in [6.45, 7) is 2.64. The van der Waals surface area contributed by atoms with Gasteiger partial charge in [-0.25, -0.2) is 0 Å². The van der Waals surface area contributed by atoms with E-state index in [0.29, 0.717) is 18.5 Å². The number of nitrogens with zero attached hydrogens (tertiary/aromatic N) is 2. The highest BCUT2D eigenvalue weighted by Crippen LogP contribution is 2.17. The first-order valence-electron chi connectivity index (χ1n) is 5.13. The second kappa shape index (κ2) is 5.47. The van der Waals surface area contributed by atoms with Gasteiger partial charge < -0.3 is 16.8 Å². The van der Waals surface area contributed by atoms with Crippen molar-refractivity contribution in [2.24, 2.45) is 21.5 Å². The number of nitrogens with one attached hydrogen (secondary N) is 1. The van der Waals surface area contributed by atoms with Crippen LogP contribution in [-0.2, 0) is 0 Å². The molecule has 80 valence electrons. The van der Waals surface area contributed by atoms with Crippen LogP contribution in [0.4, 0.5) is 0 Å². The molecule has 0 saturated heterocycles. The van der Waals surface area contributed by atoms with Crippen molar-refractivity contribution in [1.29, 1.82) is 0 Å². The Hall–Kier alpha value is -1.26. The van der Waals surface area contributed by atoms with Crippen molar-refractivity contribution in [3.63, 3.8) is 0 Å². The fourth-order valence-electron chi connectivity index (χ4n) is 1.64. The summed E-state index contributed by atoms with van der Waals surface area (Å²) in [6.07, 6.45) is 4.92. The Morgan fingerprint density at radius 2 is 2.00 bits per heavy atom. The van der Waals surface area contributed by atoms with Crippen molar-refractivity contribution in [2.75, 3.05) is 6.54 Å². The average Bonchev–Trinajstić information content (AvgIpc) is 2.56. The van der Waals surface area contributed by atoms with Crippen molar-refractivity contribution in [3.8, 4) is 0 Å². The van der Waals surface area contributed by atoms with Crippen molar-refractivity contribution < 1.29 is 0 Å². The largest absolute Gasteiger partial charge is 0.370 e. The van der Waals surface area contributed by atoms with Crippen molar-refractivity contribution >= 4 is 11.9 Å². The normalized spacial score (nSPS) is 18.2. The van der Waals surface area contributed by atoms with Gasteiger partial charge in [0, 0.05) is 12.6 Å². The highest BCUT2D eigenvalue weighted by Gasteiger charge is 2.15. The van der Waals surface area contributed by atoms with Crippen molar-refractivity contribution in [1.82, 2.24) is 5.32 Å². The van der Waals surface area contributed by atoms with Gasteiger partial charge in [-0.15, -0.1) is 0 Å². The molecule has 0 aliphatic heterocycles. The SMILES string of the molecule is CCN=C(N=C(N)N)NC1CCCC1. The first-order valence-corrected chi connectivity index (χ1v) is 5.13. The minimum Gasteiger partial charge on any atom is -0.370 e. The van der Waals surface area contributed by atoms with Crippen LogP contribution in [0, 0.1) is 0 Å². The Balaban J connectivity index is 2.50. The smallest absolute Gasteiger partial charge is 0.221 e. The number of nitrogens with two attached hydrogens (primary N) is 2. The minimum absolute atomic E-state index is 0.0581. The summed E-state index contributed by atoms with van der Waals surface area (Å²) in [5.41, 5.74) is 10.6. The molecule has 0 aromatic carbocycles. The van der Waals surface area contributed by atoms with Gasteiger partial charge in [0.05, 0.1) is 0 Å². The zero-order valence-electron chi connectivity index (χ0n) is 8.66.